The lowest BCUT2D eigenvalue weighted by atomic mass is 10.1. The van der Waals surface area contributed by atoms with E-state index in [1.165, 1.54) is 0 Å². The van der Waals surface area contributed by atoms with Crippen molar-refractivity contribution in [1.82, 2.24) is 0 Å². The summed E-state index contributed by atoms with van der Waals surface area (Å²) in [5.41, 5.74) is 8.24. The molecule has 80 valence electrons. The minimum atomic E-state index is 0.381. The fourth-order valence-electron chi connectivity index (χ4n) is 1.68. The highest BCUT2D eigenvalue weighted by atomic mass is 15.2. The van der Waals surface area contributed by atoms with Gasteiger partial charge in [-0.1, -0.05) is 0 Å². The van der Waals surface area contributed by atoms with Gasteiger partial charge in [0.05, 0.1) is 23.0 Å². The van der Waals surface area contributed by atoms with Gasteiger partial charge >= 0.3 is 0 Å². The summed E-state index contributed by atoms with van der Waals surface area (Å²) in [6.07, 6.45) is 0. The minimum Gasteiger partial charge on any atom is -0.397 e. The van der Waals surface area contributed by atoms with Gasteiger partial charge in [-0.05, 0) is 39.0 Å². The highest BCUT2D eigenvalue weighted by Crippen LogP contribution is 2.25. The van der Waals surface area contributed by atoms with Gasteiger partial charge in [-0.25, -0.2) is 0 Å². The summed E-state index contributed by atoms with van der Waals surface area (Å²) in [6, 6.07) is 7.89. The van der Waals surface area contributed by atoms with Crippen LogP contribution in [0.2, 0.25) is 0 Å². The Kier molecular flexibility index (Phi) is 3.56. The third-order valence-electron chi connectivity index (χ3n) is 2.43. The van der Waals surface area contributed by atoms with E-state index < -0.39 is 0 Å². The standard InChI is InChI=1S/C12H17N3/c1-4-15(9(2)3)12-7-10(8-13)5-6-11(12)14/h5-7,9H,4,14H2,1-3H3. The first kappa shape index (κ1) is 11.4. The first-order valence-electron chi connectivity index (χ1n) is 5.16. The molecule has 0 unspecified atom stereocenters. The van der Waals surface area contributed by atoms with Crippen LogP contribution in [0, 0.1) is 11.3 Å². The molecule has 1 rings (SSSR count). The van der Waals surface area contributed by atoms with E-state index in [0.29, 0.717) is 11.6 Å². The molecule has 3 nitrogen and oxygen atoms in total. The first-order chi connectivity index (χ1) is 7.10. The molecule has 0 radical (unpaired) electrons. The molecule has 15 heavy (non-hydrogen) atoms. The molecule has 0 aliphatic carbocycles. The molecule has 0 fully saturated rings. The zero-order valence-electron chi connectivity index (χ0n) is 9.49. The van der Waals surface area contributed by atoms with Crippen molar-refractivity contribution in [3.63, 3.8) is 0 Å². The summed E-state index contributed by atoms with van der Waals surface area (Å²) in [5.74, 6) is 0. The second kappa shape index (κ2) is 4.70. The number of rotatable bonds is 3. The Morgan fingerprint density at radius 1 is 1.47 bits per heavy atom. The SMILES string of the molecule is CCN(c1cc(C#N)ccc1N)C(C)C. The number of nitriles is 1. The normalized spacial score (nSPS) is 10.1. The smallest absolute Gasteiger partial charge is 0.0992 e. The molecule has 0 saturated carbocycles. The highest BCUT2D eigenvalue weighted by molar-refractivity contribution is 5.70. The van der Waals surface area contributed by atoms with E-state index in [-0.39, 0.29) is 0 Å². The second-order valence-electron chi connectivity index (χ2n) is 3.77. The molecule has 3 heteroatoms. The molecule has 1 aromatic rings. The average molecular weight is 203 g/mol. The number of hydrogen-bond acceptors (Lipinski definition) is 3. The van der Waals surface area contributed by atoms with Crippen LogP contribution in [0.15, 0.2) is 18.2 Å². The molecule has 0 amide bonds. The summed E-state index contributed by atoms with van der Waals surface area (Å²) in [6.45, 7) is 7.19. The maximum absolute atomic E-state index is 8.84. The lowest BCUT2D eigenvalue weighted by Crippen LogP contribution is -2.31. The van der Waals surface area contributed by atoms with Crippen molar-refractivity contribution in [3.05, 3.63) is 23.8 Å². The van der Waals surface area contributed by atoms with E-state index in [2.05, 4.69) is 31.7 Å². The Morgan fingerprint density at radius 3 is 2.60 bits per heavy atom. The molecule has 2 N–H and O–H groups in total. The van der Waals surface area contributed by atoms with E-state index in [1.54, 1.807) is 12.1 Å². The van der Waals surface area contributed by atoms with E-state index in [9.17, 15) is 0 Å². The largest absolute Gasteiger partial charge is 0.397 e. The van der Waals surface area contributed by atoms with Crippen LogP contribution in [-0.4, -0.2) is 12.6 Å². The van der Waals surface area contributed by atoms with Crippen molar-refractivity contribution in [3.8, 4) is 6.07 Å². The van der Waals surface area contributed by atoms with Gasteiger partial charge in [0.1, 0.15) is 0 Å². The van der Waals surface area contributed by atoms with Crippen molar-refractivity contribution in [1.29, 1.82) is 5.26 Å². The zero-order chi connectivity index (χ0) is 11.4. The molecule has 0 aromatic heterocycles. The summed E-state index contributed by atoms with van der Waals surface area (Å²) < 4.78 is 0. The Labute approximate surface area is 91.1 Å². The van der Waals surface area contributed by atoms with E-state index in [1.807, 2.05) is 6.07 Å². The zero-order valence-corrected chi connectivity index (χ0v) is 9.49. The van der Waals surface area contributed by atoms with Crippen LogP contribution < -0.4 is 10.6 Å². The van der Waals surface area contributed by atoms with Crippen LogP contribution in [0.4, 0.5) is 11.4 Å². The lowest BCUT2D eigenvalue weighted by Gasteiger charge is -2.28. The molecule has 0 heterocycles. The molecule has 0 spiro atoms. The Hall–Kier alpha value is -1.69. The van der Waals surface area contributed by atoms with Crippen molar-refractivity contribution in [2.24, 2.45) is 0 Å². The molecule has 0 aliphatic heterocycles. The van der Waals surface area contributed by atoms with Gasteiger partial charge in [-0.2, -0.15) is 5.26 Å². The highest BCUT2D eigenvalue weighted by Gasteiger charge is 2.11. The molecular weight excluding hydrogens is 186 g/mol. The molecular formula is C12H17N3. The number of hydrogen-bond donors (Lipinski definition) is 1. The molecule has 0 bridgehead atoms. The van der Waals surface area contributed by atoms with E-state index >= 15 is 0 Å². The monoisotopic (exact) mass is 203 g/mol. The Bertz CT molecular complexity index is 377. The molecule has 0 aliphatic rings. The maximum Gasteiger partial charge on any atom is 0.0992 e. The van der Waals surface area contributed by atoms with Crippen molar-refractivity contribution >= 4 is 11.4 Å². The van der Waals surface area contributed by atoms with Gasteiger partial charge in [0, 0.05) is 12.6 Å². The van der Waals surface area contributed by atoms with Crippen LogP contribution in [0.3, 0.4) is 0 Å². The lowest BCUT2D eigenvalue weighted by molar-refractivity contribution is 0.704. The fourth-order valence-corrected chi connectivity index (χ4v) is 1.68. The number of nitrogens with zero attached hydrogens (tertiary/aromatic N) is 2. The van der Waals surface area contributed by atoms with Crippen LogP contribution in [0.5, 0.6) is 0 Å². The topological polar surface area (TPSA) is 53.0 Å². The molecule has 1 aromatic carbocycles. The first-order valence-corrected chi connectivity index (χ1v) is 5.16. The predicted molar refractivity (Wildman–Crippen MR) is 63.7 cm³/mol. The number of benzene rings is 1. The van der Waals surface area contributed by atoms with Crippen LogP contribution in [0.25, 0.3) is 0 Å². The van der Waals surface area contributed by atoms with Crippen LogP contribution >= 0.6 is 0 Å². The average Bonchev–Trinajstić information content (AvgIpc) is 2.21. The molecule has 0 atom stereocenters. The Balaban J connectivity index is 3.16. The van der Waals surface area contributed by atoms with E-state index in [4.69, 9.17) is 11.0 Å². The van der Waals surface area contributed by atoms with Crippen molar-refractivity contribution in [2.75, 3.05) is 17.2 Å². The van der Waals surface area contributed by atoms with Gasteiger partial charge in [-0.15, -0.1) is 0 Å². The number of nitrogens with two attached hydrogens (primary N) is 1. The second-order valence-corrected chi connectivity index (χ2v) is 3.77. The van der Waals surface area contributed by atoms with Gasteiger partial charge in [0.25, 0.3) is 0 Å². The van der Waals surface area contributed by atoms with Crippen molar-refractivity contribution < 1.29 is 0 Å². The fraction of sp³-hybridized carbons (Fsp3) is 0.417. The van der Waals surface area contributed by atoms with E-state index in [0.717, 1.165) is 17.9 Å². The maximum atomic E-state index is 8.84. The van der Waals surface area contributed by atoms with Crippen LogP contribution in [0.1, 0.15) is 26.3 Å². The number of nitrogen functional groups attached to an aromatic ring is 1. The van der Waals surface area contributed by atoms with Gasteiger partial charge in [0.15, 0.2) is 0 Å². The summed E-state index contributed by atoms with van der Waals surface area (Å²) in [4.78, 5) is 2.18. The van der Waals surface area contributed by atoms with Gasteiger partial charge in [-0.3, -0.25) is 0 Å². The summed E-state index contributed by atoms with van der Waals surface area (Å²) >= 11 is 0. The third-order valence-corrected chi connectivity index (χ3v) is 2.43. The summed E-state index contributed by atoms with van der Waals surface area (Å²) in [5, 5.41) is 8.84. The predicted octanol–water partition coefficient (Wildman–Crippen LogP) is 2.38. The number of anilines is 2. The summed E-state index contributed by atoms with van der Waals surface area (Å²) in [7, 11) is 0. The Morgan fingerprint density at radius 2 is 2.13 bits per heavy atom. The van der Waals surface area contributed by atoms with Crippen molar-refractivity contribution in [2.45, 2.75) is 26.8 Å². The molecule has 0 saturated heterocycles. The minimum absolute atomic E-state index is 0.381. The van der Waals surface area contributed by atoms with Gasteiger partial charge < -0.3 is 10.6 Å². The van der Waals surface area contributed by atoms with Crippen LogP contribution in [-0.2, 0) is 0 Å². The third kappa shape index (κ3) is 2.41. The quantitative estimate of drug-likeness (QED) is 0.767. The van der Waals surface area contributed by atoms with Gasteiger partial charge in [0.2, 0.25) is 0 Å².